The van der Waals surface area contributed by atoms with Crippen LogP contribution < -0.4 is 4.74 Å². The first kappa shape index (κ1) is 21.8. The van der Waals surface area contributed by atoms with Crippen LogP contribution in [0.15, 0.2) is 47.0 Å². The average molecular weight is 428 g/mol. The van der Waals surface area contributed by atoms with E-state index in [1.807, 2.05) is 31.2 Å². The van der Waals surface area contributed by atoms with Gasteiger partial charge in [-0.1, -0.05) is 42.7 Å². The van der Waals surface area contributed by atoms with E-state index < -0.39 is 6.10 Å². The van der Waals surface area contributed by atoms with Gasteiger partial charge < -0.3 is 14.2 Å². The van der Waals surface area contributed by atoms with Gasteiger partial charge >= 0.3 is 0 Å². The van der Waals surface area contributed by atoms with Crippen LogP contribution in [0.1, 0.15) is 43.7 Å². The molecule has 0 radical (unpaired) electrons. The van der Waals surface area contributed by atoms with Crippen molar-refractivity contribution in [1.82, 2.24) is 15.0 Å². The van der Waals surface area contributed by atoms with Gasteiger partial charge in [0.05, 0.1) is 6.54 Å². The smallest absolute Gasteiger partial charge is 0.263 e. The summed E-state index contributed by atoms with van der Waals surface area (Å²) in [6.45, 7) is 8.15. The number of aryl methyl sites for hydroxylation is 1. The Morgan fingerprint density at radius 1 is 1.17 bits per heavy atom. The number of carbonyl (C=O) groups is 1. The molecule has 7 heteroatoms. The van der Waals surface area contributed by atoms with Crippen molar-refractivity contribution < 1.29 is 14.1 Å². The third-order valence-corrected chi connectivity index (χ3v) is 5.01. The molecular weight excluding hydrogens is 402 g/mol. The van der Waals surface area contributed by atoms with Gasteiger partial charge in [-0.15, -0.1) is 0 Å². The minimum Gasteiger partial charge on any atom is -0.481 e. The molecule has 0 spiro atoms. The molecule has 1 atom stereocenters. The highest BCUT2D eigenvalue weighted by Crippen LogP contribution is 2.28. The summed E-state index contributed by atoms with van der Waals surface area (Å²) in [6.07, 6.45) is -0.645. The van der Waals surface area contributed by atoms with Crippen molar-refractivity contribution in [1.29, 1.82) is 0 Å². The molecule has 3 rings (SSSR count). The second-order valence-corrected chi connectivity index (χ2v) is 8.11. The summed E-state index contributed by atoms with van der Waals surface area (Å²) in [6, 6.07) is 13.2. The van der Waals surface area contributed by atoms with Crippen molar-refractivity contribution >= 4 is 17.5 Å². The van der Waals surface area contributed by atoms with E-state index >= 15 is 0 Å². The molecule has 2 aromatic carbocycles. The number of aromatic nitrogens is 2. The second kappa shape index (κ2) is 9.30. The summed E-state index contributed by atoms with van der Waals surface area (Å²) in [7, 11) is 1.69. The Hall–Kier alpha value is -2.86. The molecule has 0 aliphatic heterocycles. The van der Waals surface area contributed by atoms with Crippen LogP contribution in [0.2, 0.25) is 5.02 Å². The van der Waals surface area contributed by atoms with Crippen molar-refractivity contribution in [2.45, 2.75) is 46.3 Å². The van der Waals surface area contributed by atoms with Crippen LogP contribution in [0.3, 0.4) is 0 Å². The lowest BCUT2D eigenvalue weighted by Crippen LogP contribution is -2.37. The Morgan fingerprint density at radius 2 is 1.87 bits per heavy atom. The highest BCUT2D eigenvalue weighted by molar-refractivity contribution is 6.30. The van der Waals surface area contributed by atoms with Crippen LogP contribution in [-0.2, 0) is 11.3 Å². The maximum Gasteiger partial charge on any atom is 0.263 e. The molecule has 0 saturated heterocycles. The summed E-state index contributed by atoms with van der Waals surface area (Å²) < 4.78 is 11.3. The predicted molar refractivity (Wildman–Crippen MR) is 117 cm³/mol. The molecule has 0 unspecified atom stereocenters. The minimum atomic E-state index is -0.645. The molecule has 0 bridgehead atoms. The van der Waals surface area contributed by atoms with E-state index in [0.717, 1.165) is 22.4 Å². The summed E-state index contributed by atoms with van der Waals surface area (Å²) in [5.74, 6) is 1.67. The first-order valence-electron chi connectivity index (χ1n) is 9.85. The largest absolute Gasteiger partial charge is 0.481 e. The monoisotopic (exact) mass is 427 g/mol. The molecule has 1 amide bonds. The molecule has 30 heavy (non-hydrogen) atoms. The van der Waals surface area contributed by atoms with E-state index in [-0.39, 0.29) is 12.5 Å². The van der Waals surface area contributed by atoms with Crippen molar-refractivity contribution in [3.8, 4) is 17.1 Å². The zero-order chi connectivity index (χ0) is 21.8. The van der Waals surface area contributed by atoms with Gasteiger partial charge in [0.25, 0.3) is 5.91 Å². The van der Waals surface area contributed by atoms with Gasteiger partial charge in [-0.05, 0) is 61.2 Å². The molecule has 0 fully saturated rings. The van der Waals surface area contributed by atoms with Crippen LogP contribution in [-0.4, -0.2) is 34.1 Å². The fourth-order valence-electron chi connectivity index (χ4n) is 3.09. The Kier molecular flexibility index (Phi) is 6.77. The van der Waals surface area contributed by atoms with Crippen molar-refractivity contribution in [2.75, 3.05) is 7.05 Å². The first-order valence-corrected chi connectivity index (χ1v) is 10.2. The minimum absolute atomic E-state index is 0.169. The lowest BCUT2D eigenvalue weighted by atomic mass is 10.0. The van der Waals surface area contributed by atoms with Crippen LogP contribution in [0.25, 0.3) is 11.4 Å². The molecule has 0 aliphatic rings. The third kappa shape index (κ3) is 5.19. The van der Waals surface area contributed by atoms with E-state index in [1.54, 1.807) is 26.1 Å². The van der Waals surface area contributed by atoms with Gasteiger partial charge in [0.2, 0.25) is 11.7 Å². The predicted octanol–water partition coefficient (Wildman–Crippen LogP) is 5.25. The van der Waals surface area contributed by atoms with Crippen molar-refractivity contribution in [2.24, 2.45) is 0 Å². The number of likely N-dealkylation sites (N-methyl/N-ethyl adjacent to an activating group) is 1. The fraction of sp³-hybridized carbons (Fsp3) is 0.348. The van der Waals surface area contributed by atoms with Crippen LogP contribution in [0.5, 0.6) is 5.75 Å². The van der Waals surface area contributed by atoms with E-state index in [2.05, 4.69) is 30.1 Å². The fourth-order valence-corrected chi connectivity index (χ4v) is 3.21. The maximum atomic E-state index is 12.8. The van der Waals surface area contributed by atoms with E-state index in [9.17, 15) is 4.79 Å². The zero-order valence-electron chi connectivity index (χ0n) is 17.8. The maximum absolute atomic E-state index is 12.8. The Labute approximate surface area is 181 Å². The average Bonchev–Trinajstić information content (AvgIpc) is 3.16. The standard InChI is InChI=1S/C23H26ClN3O3/c1-14(2)19-11-6-15(3)12-20(19)29-16(4)23(28)27(5)13-21-25-22(26-30-21)17-7-9-18(24)10-8-17/h6-12,14,16H,13H2,1-5H3/t16-/m0/s1. The molecule has 158 valence electrons. The van der Waals surface area contributed by atoms with Gasteiger partial charge in [0.1, 0.15) is 5.75 Å². The van der Waals surface area contributed by atoms with Crippen molar-refractivity contribution in [3.05, 3.63) is 64.5 Å². The Bertz CT molecular complexity index is 1010. The highest BCUT2D eigenvalue weighted by Gasteiger charge is 2.23. The van der Waals surface area contributed by atoms with E-state index in [0.29, 0.717) is 22.7 Å². The van der Waals surface area contributed by atoms with Gasteiger partial charge in [-0.2, -0.15) is 4.98 Å². The van der Waals surface area contributed by atoms with E-state index in [4.69, 9.17) is 20.9 Å². The van der Waals surface area contributed by atoms with E-state index in [1.165, 1.54) is 4.90 Å². The molecule has 0 N–H and O–H groups in total. The molecule has 6 nitrogen and oxygen atoms in total. The Morgan fingerprint density at radius 3 is 2.53 bits per heavy atom. The molecule has 1 aromatic heterocycles. The number of ether oxygens (including phenoxy) is 1. The van der Waals surface area contributed by atoms with Gasteiger partial charge in [0, 0.05) is 17.6 Å². The van der Waals surface area contributed by atoms with Gasteiger partial charge in [-0.25, -0.2) is 0 Å². The third-order valence-electron chi connectivity index (χ3n) is 4.76. The van der Waals surface area contributed by atoms with Gasteiger partial charge in [-0.3, -0.25) is 4.79 Å². The van der Waals surface area contributed by atoms with Crippen LogP contribution in [0, 0.1) is 6.92 Å². The number of nitrogens with zero attached hydrogens (tertiary/aromatic N) is 3. The topological polar surface area (TPSA) is 68.5 Å². The number of rotatable bonds is 7. The molecule has 0 aliphatic carbocycles. The lowest BCUT2D eigenvalue weighted by molar-refractivity contribution is -0.137. The summed E-state index contributed by atoms with van der Waals surface area (Å²) in [5.41, 5.74) is 2.95. The summed E-state index contributed by atoms with van der Waals surface area (Å²) in [4.78, 5) is 18.7. The Balaban J connectivity index is 1.66. The van der Waals surface area contributed by atoms with Crippen molar-refractivity contribution in [3.63, 3.8) is 0 Å². The number of benzene rings is 2. The summed E-state index contributed by atoms with van der Waals surface area (Å²) in [5, 5.41) is 4.62. The number of hydrogen-bond acceptors (Lipinski definition) is 5. The van der Waals surface area contributed by atoms with Crippen LogP contribution in [0.4, 0.5) is 0 Å². The lowest BCUT2D eigenvalue weighted by Gasteiger charge is -2.23. The van der Waals surface area contributed by atoms with Gasteiger partial charge in [0.15, 0.2) is 6.10 Å². The summed E-state index contributed by atoms with van der Waals surface area (Å²) >= 11 is 5.91. The normalized spacial score (nSPS) is 12.1. The van der Waals surface area contributed by atoms with Crippen LogP contribution >= 0.6 is 11.6 Å². The molecular formula is C23H26ClN3O3. The SMILES string of the molecule is Cc1ccc(C(C)C)c(O[C@@H](C)C(=O)N(C)Cc2nc(-c3ccc(Cl)cc3)no2)c1. The number of carbonyl (C=O) groups excluding carboxylic acids is 1. The number of amides is 1. The highest BCUT2D eigenvalue weighted by atomic mass is 35.5. The molecule has 1 heterocycles. The first-order chi connectivity index (χ1) is 14.2. The molecule has 3 aromatic rings. The number of halogens is 1. The quantitative estimate of drug-likeness (QED) is 0.515. The number of hydrogen-bond donors (Lipinski definition) is 0. The second-order valence-electron chi connectivity index (χ2n) is 7.67. The zero-order valence-corrected chi connectivity index (χ0v) is 18.6. The molecule has 0 saturated carbocycles.